The number of carbonyl (C=O) groups is 2. The van der Waals surface area contributed by atoms with Crippen molar-refractivity contribution in [3.63, 3.8) is 0 Å². The third kappa shape index (κ3) is 5.72. The molecule has 2 amide bonds. The number of amides is 2. The molecule has 2 N–H and O–H groups in total. The van der Waals surface area contributed by atoms with Crippen molar-refractivity contribution in [3.8, 4) is 0 Å². The fraction of sp³-hybridized carbons (Fsp3) is 0.556. The molecule has 26 heavy (non-hydrogen) atoms. The number of nitrogens with zero attached hydrogens (tertiary/aromatic N) is 2. The molecule has 2 rings (SSSR count). The van der Waals surface area contributed by atoms with Crippen LogP contribution in [-0.4, -0.2) is 46.8 Å². The molecule has 0 atom stereocenters. The van der Waals surface area contributed by atoms with Gasteiger partial charge in [-0.3, -0.25) is 14.5 Å². The SMILES string of the molecule is CC(C)N(CC(N)=O)CC(=O)N(Cc1ccc(C(F)(F)F)cc1)C1CC1. The van der Waals surface area contributed by atoms with E-state index in [1.165, 1.54) is 12.1 Å². The van der Waals surface area contributed by atoms with E-state index in [4.69, 9.17) is 5.73 Å². The van der Waals surface area contributed by atoms with Crippen LogP contribution in [0, 0.1) is 0 Å². The summed E-state index contributed by atoms with van der Waals surface area (Å²) in [5.41, 5.74) is 5.16. The Balaban J connectivity index is 2.06. The first-order valence-corrected chi connectivity index (χ1v) is 8.56. The molecule has 1 aromatic carbocycles. The third-order valence-corrected chi connectivity index (χ3v) is 4.37. The van der Waals surface area contributed by atoms with Crippen LogP contribution in [0.2, 0.25) is 0 Å². The first-order valence-electron chi connectivity index (χ1n) is 8.56. The van der Waals surface area contributed by atoms with Crippen LogP contribution in [0.1, 0.15) is 37.8 Å². The molecule has 1 fully saturated rings. The monoisotopic (exact) mass is 371 g/mol. The normalized spacial score (nSPS) is 14.7. The third-order valence-electron chi connectivity index (χ3n) is 4.37. The Kier molecular flexibility index (Phi) is 6.28. The zero-order chi connectivity index (χ0) is 19.5. The minimum Gasteiger partial charge on any atom is -0.369 e. The summed E-state index contributed by atoms with van der Waals surface area (Å²) >= 11 is 0. The van der Waals surface area contributed by atoms with E-state index in [2.05, 4.69) is 0 Å². The summed E-state index contributed by atoms with van der Waals surface area (Å²) in [6, 6.07) is 4.92. The highest BCUT2D eigenvalue weighted by Gasteiger charge is 2.34. The standard InChI is InChI=1S/C18H24F3N3O2/c1-12(2)23(10-16(22)25)11-17(26)24(15-7-8-15)9-13-3-5-14(6-4-13)18(19,20)21/h3-6,12,15H,7-11H2,1-2H3,(H2,22,25). The number of hydrogen-bond donors (Lipinski definition) is 1. The van der Waals surface area contributed by atoms with Gasteiger partial charge in [0, 0.05) is 18.6 Å². The molecule has 144 valence electrons. The highest BCUT2D eigenvalue weighted by Crippen LogP contribution is 2.31. The Bertz CT molecular complexity index is 640. The predicted octanol–water partition coefficient (Wildman–Crippen LogP) is 2.39. The first-order chi connectivity index (χ1) is 12.1. The average molecular weight is 371 g/mol. The van der Waals surface area contributed by atoms with Crippen LogP contribution in [0.5, 0.6) is 0 Å². The van der Waals surface area contributed by atoms with Gasteiger partial charge in [-0.2, -0.15) is 13.2 Å². The second-order valence-corrected chi connectivity index (χ2v) is 6.91. The maximum atomic E-state index is 12.7. The lowest BCUT2D eigenvalue weighted by molar-refractivity contribution is -0.138. The van der Waals surface area contributed by atoms with E-state index in [0.717, 1.165) is 25.0 Å². The molecule has 0 aliphatic heterocycles. The van der Waals surface area contributed by atoms with Crippen molar-refractivity contribution in [2.45, 2.75) is 51.5 Å². The molecule has 0 radical (unpaired) electrons. The number of primary amides is 1. The number of halogens is 3. The van der Waals surface area contributed by atoms with Crippen LogP contribution in [0.4, 0.5) is 13.2 Å². The Morgan fingerprint density at radius 1 is 1.15 bits per heavy atom. The number of alkyl halides is 3. The van der Waals surface area contributed by atoms with Gasteiger partial charge in [-0.25, -0.2) is 0 Å². The summed E-state index contributed by atoms with van der Waals surface area (Å²) in [7, 11) is 0. The zero-order valence-electron chi connectivity index (χ0n) is 14.9. The van der Waals surface area contributed by atoms with Crippen molar-refractivity contribution in [1.82, 2.24) is 9.80 Å². The van der Waals surface area contributed by atoms with E-state index in [0.29, 0.717) is 5.56 Å². The largest absolute Gasteiger partial charge is 0.416 e. The number of hydrogen-bond acceptors (Lipinski definition) is 3. The Labute approximate surface area is 150 Å². The maximum absolute atomic E-state index is 12.7. The Morgan fingerprint density at radius 2 is 1.73 bits per heavy atom. The molecule has 1 aliphatic rings. The molecule has 1 aromatic rings. The van der Waals surface area contributed by atoms with Gasteiger partial charge in [-0.1, -0.05) is 12.1 Å². The molecule has 0 heterocycles. The molecule has 0 bridgehead atoms. The van der Waals surface area contributed by atoms with Gasteiger partial charge in [-0.15, -0.1) is 0 Å². The number of carbonyl (C=O) groups excluding carboxylic acids is 2. The van der Waals surface area contributed by atoms with Crippen LogP contribution in [-0.2, 0) is 22.3 Å². The summed E-state index contributed by atoms with van der Waals surface area (Å²) in [6.45, 7) is 4.03. The lowest BCUT2D eigenvalue weighted by atomic mass is 10.1. The number of benzene rings is 1. The molecule has 1 aliphatic carbocycles. The fourth-order valence-corrected chi connectivity index (χ4v) is 2.69. The molecule has 0 aromatic heterocycles. The Hall–Kier alpha value is -2.09. The quantitative estimate of drug-likeness (QED) is 0.763. The predicted molar refractivity (Wildman–Crippen MR) is 90.9 cm³/mol. The van der Waals surface area contributed by atoms with Crippen LogP contribution >= 0.6 is 0 Å². The first kappa shape index (κ1) is 20.2. The molecule has 0 spiro atoms. The lowest BCUT2D eigenvalue weighted by Crippen LogP contribution is -2.46. The van der Waals surface area contributed by atoms with Gasteiger partial charge < -0.3 is 10.6 Å². The number of rotatable bonds is 8. The molecular weight excluding hydrogens is 347 g/mol. The molecule has 0 saturated heterocycles. The van der Waals surface area contributed by atoms with E-state index >= 15 is 0 Å². The highest BCUT2D eigenvalue weighted by atomic mass is 19.4. The van der Waals surface area contributed by atoms with Gasteiger partial charge in [0.05, 0.1) is 18.7 Å². The summed E-state index contributed by atoms with van der Waals surface area (Å²) in [5, 5.41) is 0. The van der Waals surface area contributed by atoms with Gasteiger partial charge in [-0.05, 0) is 44.4 Å². The molecule has 5 nitrogen and oxygen atoms in total. The molecule has 1 saturated carbocycles. The van der Waals surface area contributed by atoms with Gasteiger partial charge >= 0.3 is 6.18 Å². The topological polar surface area (TPSA) is 66.6 Å². The summed E-state index contributed by atoms with van der Waals surface area (Å²) in [4.78, 5) is 27.3. The molecule has 8 heteroatoms. The van der Waals surface area contributed by atoms with Crippen LogP contribution < -0.4 is 5.73 Å². The zero-order valence-corrected chi connectivity index (χ0v) is 14.9. The second kappa shape index (κ2) is 8.07. The number of nitrogens with two attached hydrogens (primary N) is 1. The van der Waals surface area contributed by atoms with E-state index in [9.17, 15) is 22.8 Å². The van der Waals surface area contributed by atoms with E-state index in [1.54, 1.807) is 9.80 Å². The van der Waals surface area contributed by atoms with Crippen LogP contribution in [0.3, 0.4) is 0 Å². The minimum atomic E-state index is -4.38. The van der Waals surface area contributed by atoms with Gasteiger partial charge in [0.25, 0.3) is 0 Å². The van der Waals surface area contributed by atoms with Crippen molar-refractivity contribution in [1.29, 1.82) is 0 Å². The van der Waals surface area contributed by atoms with E-state index in [-0.39, 0.29) is 37.6 Å². The second-order valence-electron chi connectivity index (χ2n) is 6.91. The van der Waals surface area contributed by atoms with Crippen molar-refractivity contribution < 1.29 is 22.8 Å². The smallest absolute Gasteiger partial charge is 0.369 e. The van der Waals surface area contributed by atoms with Crippen molar-refractivity contribution in [2.24, 2.45) is 5.73 Å². The van der Waals surface area contributed by atoms with Crippen LogP contribution in [0.15, 0.2) is 24.3 Å². The van der Waals surface area contributed by atoms with Crippen molar-refractivity contribution in [3.05, 3.63) is 35.4 Å². The Morgan fingerprint density at radius 3 is 2.15 bits per heavy atom. The summed E-state index contributed by atoms with van der Waals surface area (Å²) in [5.74, 6) is -0.658. The van der Waals surface area contributed by atoms with Crippen molar-refractivity contribution >= 4 is 11.8 Å². The van der Waals surface area contributed by atoms with Crippen LogP contribution in [0.25, 0.3) is 0 Å². The van der Waals surface area contributed by atoms with E-state index < -0.39 is 17.6 Å². The van der Waals surface area contributed by atoms with Gasteiger partial charge in [0.1, 0.15) is 0 Å². The molecular formula is C18H24F3N3O2. The maximum Gasteiger partial charge on any atom is 0.416 e. The van der Waals surface area contributed by atoms with Gasteiger partial charge in [0.2, 0.25) is 11.8 Å². The van der Waals surface area contributed by atoms with Gasteiger partial charge in [0.15, 0.2) is 0 Å². The highest BCUT2D eigenvalue weighted by molar-refractivity contribution is 5.81. The average Bonchev–Trinajstić information content (AvgIpc) is 3.35. The van der Waals surface area contributed by atoms with E-state index in [1.807, 2.05) is 13.8 Å². The summed E-state index contributed by atoms with van der Waals surface area (Å²) < 4.78 is 38.0. The van der Waals surface area contributed by atoms with Crippen molar-refractivity contribution in [2.75, 3.05) is 13.1 Å². The minimum absolute atomic E-state index is 0.0117. The fourth-order valence-electron chi connectivity index (χ4n) is 2.69. The summed E-state index contributed by atoms with van der Waals surface area (Å²) in [6.07, 6.45) is -2.62. The molecule has 0 unspecified atom stereocenters. The lowest BCUT2D eigenvalue weighted by Gasteiger charge is -2.29.